The van der Waals surface area contributed by atoms with Crippen LogP contribution in [0.1, 0.15) is 169 Å². The van der Waals surface area contributed by atoms with Crippen LogP contribution in [0.2, 0.25) is 0 Å². The monoisotopic (exact) mass is 1160 g/mol. The van der Waals surface area contributed by atoms with Gasteiger partial charge in [-0.2, -0.15) is 0 Å². The molecule has 3 heteroatoms. The topological polar surface area (TPSA) is 11.6 Å². The molecule has 0 saturated heterocycles. The lowest BCUT2D eigenvalue weighted by Crippen LogP contribution is -2.32. The van der Waals surface area contributed by atoms with Crippen LogP contribution in [0.15, 0.2) is 164 Å². The number of hydrogen-bond donors (Lipinski definition) is 0. The molecule has 0 N–H and O–H groups in total. The summed E-state index contributed by atoms with van der Waals surface area (Å²) in [5.74, 6) is 0. The highest BCUT2D eigenvalue weighted by molar-refractivity contribution is 5.74. The largest absolute Gasteiger partial charge is 0.212 e. The van der Waals surface area contributed by atoms with Crippen molar-refractivity contribution in [3.63, 3.8) is 0 Å². The Hall–Kier alpha value is -7.23. The molecule has 6 aromatic carbocycles. The van der Waals surface area contributed by atoms with Gasteiger partial charge in [0, 0.05) is 51.6 Å². The number of benzene rings is 6. The Kier molecular flexibility index (Phi) is 17.0. The van der Waals surface area contributed by atoms with Crippen LogP contribution in [0.5, 0.6) is 0 Å². The predicted molar refractivity (Wildman–Crippen MR) is 367 cm³/mol. The van der Waals surface area contributed by atoms with Gasteiger partial charge in [0.05, 0.1) is 0 Å². The molecule has 0 bridgehead atoms. The van der Waals surface area contributed by atoms with Crippen LogP contribution in [0.4, 0.5) is 0 Å². The predicted octanol–water partition coefficient (Wildman–Crippen LogP) is 19.9. The minimum Gasteiger partial charge on any atom is -0.200 e. The zero-order chi connectivity index (χ0) is 60.7. The lowest BCUT2D eigenvalue weighted by Gasteiger charge is -2.41. The smallest absolute Gasteiger partial charge is 0.200 e. The van der Waals surface area contributed by atoms with Gasteiger partial charge in [-0.3, -0.25) is 0 Å². The van der Waals surface area contributed by atoms with E-state index >= 15 is 0 Å². The molecule has 3 saturated carbocycles. The molecule has 3 aromatic heterocycles. The number of aryl methyl sites for hydroxylation is 11. The van der Waals surface area contributed by atoms with E-state index in [4.69, 9.17) is 0 Å². The average molecular weight is 1160 g/mol. The van der Waals surface area contributed by atoms with E-state index in [1.54, 1.807) is 33.4 Å². The second-order valence-corrected chi connectivity index (χ2v) is 29.0. The first-order chi connectivity index (χ1) is 42.6. The second kappa shape index (κ2) is 25.0. The molecular weight excluding hydrogens is 1060 g/mol. The maximum absolute atomic E-state index is 2.49. The molecule has 3 spiro atoms. The highest BCUT2D eigenvalue weighted by Crippen LogP contribution is 2.51. The first kappa shape index (κ1) is 59.7. The summed E-state index contributed by atoms with van der Waals surface area (Å²) in [5.41, 5.74) is 35.5. The number of fused-ring (bicyclic) bond motifs is 3. The SMILES string of the molecule is Cc1cc(-c2ccccc2C)[n+](C)cc1-c1ccc2c(c1)CC1(CCCCC1)C2.Cc1cc(-c2ccccc2C)[n+](C)cc1-c1ccc2c(c1)CCC1(CCCC1)C2.Cc1cc(-c2ccccc2C)[n+](C)cc1-c1ccc2c(c1)CCC1(CCCCC1)C2. The summed E-state index contributed by atoms with van der Waals surface area (Å²) in [6.45, 7) is 13.4. The van der Waals surface area contributed by atoms with Crippen LogP contribution in [0, 0.1) is 57.8 Å². The second-order valence-electron chi connectivity index (χ2n) is 29.0. The third kappa shape index (κ3) is 12.2. The molecule has 3 fully saturated rings. The molecule has 6 aliphatic rings. The normalized spacial score (nSPS) is 17.6. The number of nitrogens with zero attached hydrogens (tertiary/aromatic N) is 3. The van der Waals surface area contributed by atoms with Gasteiger partial charge in [0.2, 0.25) is 17.1 Å². The lowest BCUT2D eigenvalue weighted by atomic mass is 9.64. The van der Waals surface area contributed by atoms with Gasteiger partial charge in [-0.05, 0) is 249 Å². The fourth-order valence-electron chi connectivity index (χ4n) is 17.7. The summed E-state index contributed by atoms with van der Waals surface area (Å²) in [7, 11) is 6.53. The molecule has 3 heterocycles. The van der Waals surface area contributed by atoms with Crippen LogP contribution in [0.25, 0.3) is 67.2 Å². The minimum absolute atomic E-state index is 0.577. The van der Waals surface area contributed by atoms with Crippen molar-refractivity contribution in [3.8, 4) is 67.2 Å². The van der Waals surface area contributed by atoms with Crippen LogP contribution >= 0.6 is 0 Å². The van der Waals surface area contributed by atoms with E-state index in [1.165, 1.54) is 242 Å². The highest BCUT2D eigenvalue weighted by Gasteiger charge is 2.40. The standard InChI is InChI=1S/C29H34N.2C28H32N/c1-21-9-5-6-10-26(21)28-17-22(2)27(20-30(28)3)24-11-12-25-19-29(14-7-4-8-15-29)16-13-23(25)18-24;1-20-9-5-6-10-25(20)27-15-21(2)26(19-29(27)3)22-11-12-23-17-28(18-24(23)16-22)13-7-4-8-14-28;1-20-8-4-5-9-25(20)27-16-21(2)26(19-29(27)3)23-10-11-24-18-28(13-6-7-14-28)15-12-22(24)17-23/h5-6,9-12,17-18,20H,4,7-8,13-16,19H2,1-3H3;5-6,9-12,15-16,19H,4,7-8,13-14,17-18H2,1-3H3;4-5,8-11,16-17,19H,6-7,12-15,18H2,1-3H3/q3*+1. The van der Waals surface area contributed by atoms with Crippen LogP contribution < -0.4 is 13.7 Å². The zero-order valence-corrected chi connectivity index (χ0v) is 55.0. The lowest BCUT2D eigenvalue weighted by molar-refractivity contribution is -0.660. The molecule has 0 unspecified atom stereocenters. The van der Waals surface area contributed by atoms with Crippen molar-refractivity contribution in [2.45, 2.75) is 183 Å². The van der Waals surface area contributed by atoms with Gasteiger partial charge in [0.25, 0.3) is 0 Å². The highest BCUT2D eigenvalue weighted by atomic mass is 14.9. The van der Waals surface area contributed by atoms with Gasteiger partial charge in [0.15, 0.2) is 18.6 Å². The van der Waals surface area contributed by atoms with E-state index in [0.717, 1.165) is 0 Å². The summed E-state index contributed by atoms with van der Waals surface area (Å²) in [6, 6.07) is 54.9. The maximum atomic E-state index is 2.49. The van der Waals surface area contributed by atoms with Crippen LogP contribution in [0.3, 0.4) is 0 Å². The van der Waals surface area contributed by atoms with Crippen molar-refractivity contribution < 1.29 is 13.7 Å². The van der Waals surface area contributed by atoms with E-state index in [-0.39, 0.29) is 0 Å². The van der Waals surface area contributed by atoms with Crippen molar-refractivity contribution >= 4 is 0 Å². The summed E-state index contributed by atoms with van der Waals surface area (Å²) in [6.07, 6.45) is 37.6. The molecule has 0 radical (unpaired) electrons. The van der Waals surface area contributed by atoms with Crippen LogP contribution in [-0.2, 0) is 59.7 Å². The molecule has 15 rings (SSSR count). The quantitative estimate of drug-likeness (QED) is 0.147. The number of hydrogen-bond acceptors (Lipinski definition) is 0. The van der Waals surface area contributed by atoms with Gasteiger partial charge in [-0.15, -0.1) is 0 Å². The first-order valence-corrected chi connectivity index (χ1v) is 34.2. The van der Waals surface area contributed by atoms with E-state index in [2.05, 4.69) is 241 Å². The Morgan fingerprint density at radius 2 is 0.557 bits per heavy atom. The van der Waals surface area contributed by atoms with Gasteiger partial charge >= 0.3 is 0 Å². The van der Waals surface area contributed by atoms with Crippen molar-refractivity contribution in [1.82, 2.24) is 0 Å². The molecule has 6 aliphatic carbocycles. The average Bonchev–Trinajstić information content (AvgIpc) is 1.77. The van der Waals surface area contributed by atoms with Crippen molar-refractivity contribution in [3.05, 3.63) is 231 Å². The van der Waals surface area contributed by atoms with E-state index in [9.17, 15) is 0 Å². The van der Waals surface area contributed by atoms with Gasteiger partial charge < -0.3 is 0 Å². The molecule has 450 valence electrons. The summed E-state index contributed by atoms with van der Waals surface area (Å²) >= 11 is 0. The number of pyridine rings is 3. The number of aromatic nitrogens is 3. The zero-order valence-electron chi connectivity index (χ0n) is 55.0. The molecule has 88 heavy (non-hydrogen) atoms. The molecule has 0 aliphatic heterocycles. The molecule has 3 nitrogen and oxygen atoms in total. The molecule has 9 aromatic rings. The maximum Gasteiger partial charge on any atom is 0.212 e. The molecular formula is C85H98N3+3. The Labute approximate surface area is 529 Å². The Morgan fingerprint density at radius 1 is 0.261 bits per heavy atom. The first-order valence-electron chi connectivity index (χ1n) is 34.2. The molecule has 0 amide bonds. The third-order valence-corrected chi connectivity index (χ3v) is 22.9. The van der Waals surface area contributed by atoms with Gasteiger partial charge in [-0.25, -0.2) is 13.7 Å². The fraction of sp³-hybridized carbons (Fsp3) is 0.400. The Bertz CT molecular complexity index is 4060. The van der Waals surface area contributed by atoms with E-state index in [0.29, 0.717) is 16.2 Å². The molecule has 0 atom stereocenters. The third-order valence-electron chi connectivity index (χ3n) is 22.9. The van der Waals surface area contributed by atoms with E-state index < -0.39 is 0 Å². The summed E-state index contributed by atoms with van der Waals surface area (Å²) in [4.78, 5) is 0. The summed E-state index contributed by atoms with van der Waals surface area (Å²) < 4.78 is 6.87. The van der Waals surface area contributed by atoms with Crippen molar-refractivity contribution in [2.75, 3.05) is 0 Å². The summed E-state index contributed by atoms with van der Waals surface area (Å²) in [5, 5.41) is 0. The Morgan fingerprint density at radius 3 is 0.920 bits per heavy atom. The Balaban J connectivity index is 0.000000122. The number of rotatable bonds is 6. The fourth-order valence-corrected chi connectivity index (χ4v) is 17.7. The van der Waals surface area contributed by atoms with Crippen molar-refractivity contribution in [1.29, 1.82) is 0 Å². The van der Waals surface area contributed by atoms with Gasteiger partial charge in [0.1, 0.15) is 21.1 Å². The van der Waals surface area contributed by atoms with Gasteiger partial charge in [-0.1, -0.05) is 161 Å². The van der Waals surface area contributed by atoms with E-state index in [1.807, 2.05) is 0 Å². The van der Waals surface area contributed by atoms with Crippen molar-refractivity contribution in [2.24, 2.45) is 37.4 Å². The minimum atomic E-state index is 0.577. The van der Waals surface area contributed by atoms with Crippen LogP contribution in [-0.4, -0.2) is 0 Å².